The second kappa shape index (κ2) is 6.83. The van der Waals surface area contributed by atoms with Gasteiger partial charge in [-0.2, -0.15) is 0 Å². The second-order valence-electron chi connectivity index (χ2n) is 3.21. The first-order valence-corrected chi connectivity index (χ1v) is 6.91. The van der Waals surface area contributed by atoms with E-state index in [2.05, 4.69) is 39.6 Å². The van der Waals surface area contributed by atoms with Gasteiger partial charge < -0.3 is 5.32 Å². The third kappa shape index (κ3) is 4.30. The van der Waals surface area contributed by atoms with Crippen molar-refractivity contribution < 1.29 is 0 Å². The van der Waals surface area contributed by atoms with E-state index in [0.717, 1.165) is 25.9 Å². The van der Waals surface area contributed by atoms with Crippen LogP contribution < -0.4 is 5.32 Å². The van der Waals surface area contributed by atoms with Crippen molar-refractivity contribution >= 4 is 38.9 Å². The van der Waals surface area contributed by atoms with Gasteiger partial charge in [-0.15, -0.1) is 22.9 Å². The number of thiophene rings is 1. The maximum Gasteiger partial charge on any atom is 0.0460 e. The number of alkyl halides is 1. The summed E-state index contributed by atoms with van der Waals surface area (Å²) in [5.41, 5.74) is 0. The quantitative estimate of drug-likeness (QED) is 0.782. The molecule has 0 saturated carbocycles. The summed E-state index contributed by atoms with van der Waals surface area (Å²) >= 11 is 11.4. The van der Waals surface area contributed by atoms with E-state index in [1.165, 1.54) is 9.35 Å². The van der Waals surface area contributed by atoms with Crippen LogP contribution in [0.3, 0.4) is 0 Å². The van der Waals surface area contributed by atoms with E-state index in [-0.39, 0.29) is 5.38 Å². The molecule has 80 valence electrons. The maximum absolute atomic E-state index is 6.09. The zero-order valence-corrected chi connectivity index (χ0v) is 11.4. The molecule has 0 aromatic carbocycles. The van der Waals surface area contributed by atoms with Crippen LogP contribution in [0.2, 0.25) is 0 Å². The van der Waals surface area contributed by atoms with E-state index in [4.69, 9.17) is 11.6 Å². The van der Waals surface area contributed by atoms with Crippen LogP contribution in [0.4, 0.5) is 0 Å². The van der Waals surface area contributed by atoms with Gasteiger partial charge in [0, 0.05) is 27.8 Å². The molecule has 1 aromatic heterocycles. The maximum atomic E-state index is 6.09. The van der Waals surface area contributed by atoms with Gasteiger partial charge in [-0.3, -0.25) is 0 Å². The summed E-state index contributed by atoms with van der Waals surface area (Å²) in [6.45, 7) is 3.95. The highest BCUT2D eigenvalue weighted by molar-refractivity contribution is 9.10. The molecule has 0 aliphatic heterocycles. The van der Waals surface area contributed by atoms with E-state index in [0.29, 0.717) is 0 Å². The summed E-state index contributed by atoms with van der Waals surface area (Å²) in [5, 5.41) is 5.71. The van der Waals surface area contributed by atoms with Crippen LogP contribution in [0, 0.1) is 0 Å². The highest BCUT2D eigenvalue weighted by Crippen LogP contribution is 2.22. The highest BCUT2D eigenvalue weighted by Gasteiger charge is 2.04. The zero-order valence-electron chi connectivity index (χ0n) is 8.22. The van der Waals surface area contributed by atoms with Gasteiger partial charge in [0.05, 0.1) is 0 Å². The first-order valence-electron chi connectivity index (χ1n) is 4.80. The molecule has 14 heavy (non-hydrogen) atoms. The fraction of sp³-hybridized carbons (Fsp3) is 0.600. The molecule has 0 spiro atoms. The van der Waals surface area contributed by atoms with Gasteiger partial charge >= 0.3 is 0 Å². The van der Waals surface area contributed by atoms with Gasteiger partial charge in [0.25, 0.3) is 0 Å². The van der Waals surface area contributed by atoms with Crippen LogP contribution in [0.15, 0.2) is 15.9 Å². The largest absolute Gasteiger partial charge is 0.310 e. The lowest BCUT2D eigenvalue weighted by atomic mass is 10.2. The monoisotopic (exact) mass is 295 g/mol. The third-order valence-corrected chi connectivity index (χ3v) is 4.24. The van der Waals surface area contributed by atoms with Gasteiger partial charge in [0.1, 0.15) is 0 Å². The van der Waals surface area contributed by atoms with Gasteiger partial charge in [-0.1, -0.05) is 13.3 Å². The first-order chi connectivity index (χ1) is 6.74. The van der Waals surface area contributed by atoms with Crippen LogP contribution in [0.5, 0.6) is 0 Å². The Labute approximate surface area is 103 Å². The molecule has 1 heterocycles. The van der Waals surface area contributed by atoms with Crippen LogP contribution >= 0.6 is 38.9 Å². The smallest absolute Gasteiger partial charge is 0.0460 e. The molecular weight excluding hydrogens is 282 g/mol. The predicted molar refractivity (Wildman–Crippen MR) is 68.3 cm³/mol. The Bertz CT molecular complexity index is 264. The average Bonchev–Trinajstić information content (AvgIpc) is 2.52. The van der Waals surface area contributed by atoms with Crippen molar-refractivity contribution in [2.24, 2.45) is 0 Å². The van der Waals surface area contributed by atoms with Crippen molar-refractivity contribution in [3.63, 3.8) is 0 Å². The summed E-state index contributed by atoms with van der Waals surface area (Å²) in [6, 6.07) is 2.08. The van der Waals surface area contributed by atoms with Gasteiger partial charge in [-0.05, 0) is 33.8 Å². The van der Waals surface area contributed by atoms with Gasteiger partial charge in [-0.25, -0.2) is 0 Å². The number of rotatable bonds is 6. The van der Waals surface area contributed by atoms with E-state index in [1.807, 2.05) is 0 Å². The first kappa shape index (κ1) is 12.5. The summed E-state index contributed by atoms with van der Waals surface area (Å²) in [6.07, 6.45) is 2.23. The number of nitrogens with one attached hydrogen (secondary N) is 1. The Morgan fingerprint density at radius 2 is 2.43 bits per heavy atom. The van der Waals surface area contributed by atoms with Gasteiger partial charge in [0.15, 0.2) is 0 Å². The summed E-state index contributed by atoms with van der Waals surface area (Å²) < 4.78 is 1.19. The van der Waals surface area contributed by atoms with Crippen LogP contribution in [0.25, 0.3) is 0 Å². The molecule has 1 nitrogen and oxygen atoms in total. The van der Waals surface area contributed by atoms with E-state index < -0.39 is 0 Å². The lowest BCUT2D eigenvalue weighted by Gasteiger charge is -2.08. The highest BCUT2D eigenvalue weighted by atomic mass is 79.9. The summed E-state index contributed by atoms with van der Waals surface area (Å²) in [5.74, 6) is 0. The van der Waals surface area contributed by atoms with Crippen LogP contribution in [-0.2, 0) is 6.54 Å². The Kier molecular flexibility index (Phi) is 6.10. The minimum absolute atomic E-state index is 0.263. The van der Waals surface area contributed by atoms with Crippen LogP contribution in [-0.4, -0.2) is 11.9 Å². The molecule has 1 N–H and O–H groups in total. The van der Waals surface area contributed by atoms with E-state index in [9.17, 15) is 0 Å². The molecule has 4 heteroatoms. The molecule has 0 radical (unpaired) electrons. The molecule has 0 saturated heterocycles. The number of hydrogen-bond donors (Lipinski definition) is 1. The van der Waals surface area contributed by atoms with E-state index >= 15 is 0 Å². The standard InChI is InChI=1S/C10H15BrClNS/c1-2-3-8(12)6-13-7-10-9(11)4-5-14-10/h4-5,8,13H,2-3,6-7H2,1H3. The molecule has 0 amide bonds. The fourth-order valence-electron chi connectivity index (χ4n) is 1.21. The lowest BCUT2D eigenvalue weighted by molar-refractivity contribution is 0.626. The van der Waals surface area contributed by atoms with Crippen molar-refractivity contribution in [1.29, 1.82) is 0 Å². The average molecular weight is 297 g/mol. The molecule has 0 aliphatic rings. The molecule has 1 unspecified atom stereocenters. The van der Waals surface area contributed by atoms with Crippen molar-refractivity contribution in [3.05, 3.63) is 20.8 Å². The molecule has 1 aromatic rings. The van der Waals surface area contributed by atoms with Crippen molar-refractivity contribution in [2.75, 3.05) is 6.54 Å². The molecule has 0 bridgehead atoms. The lowest BCUT2D eigenvalue weighted by Crippen LogP contribution is -2.22. The van der Waals surface area contributed by atoms with Crippen molar-refractivity contribution in [1.82, 2.24) is 5.32 Å². The van der Waals surface area contributed by atoms with Crippen molar-refractivity contribution in [2.45, 2.75) is 31.7 Å². The SMILES string of the molecule is CCCC(Cl)CNCc1sccc1Br. The number of halogens is 2. The van der Waals surface area contributed by atoms with Crippen LogP contribution in [0.1, 0.15) is 24.6 Å². The fourth-order valence-corrected chi connectivity index (χ4v) is 3.00. The summed E-state index contributed by atoms with van der Waals surface area (Å²) in [4.78, 5) is 1.34. The molecule has 1 atom stereocenters. The number of hydrogen-bond acceptors (Lipinski definition) is 2. The minimum Gasteiger partial charge on any atom is -0.310 e. The molecule has 0 fully saturated rings. The minimum atomic E-state index is 0.263. The Morgan fingerprint density at radius 1 is 1.64 bits per heavy atom. The summed E-state index contributed by atoms with van der Waals surface area (Å²) in [7, 11) is 0. The zero-order chi connectivity index (χ0) is 10.4. The van der Waals surface area contributed by atoms with Gasteiger partial charge in [0.2, 0.25) is 0 Å². The topological polar surface area (TPSA) is 12.0 Å². The Morgan fingerprint density at radius 3 is 3.00 bits per heavy atom. The van der Waals surface area contributed by atoms with E-state index in [1.54, 1.807) is 11.3 Å². The molecule has 1 rings (SSSR count). The second-order valence-corrected chi connectivity index (χ2v) is 5.68. The normalized spacial score (nSPS) is 13.1. The Hall–Kier alpha value is 0.430. The third-order valence-electron chi connectivity index (χ3n) is 1.94. The molecule has 0 aliphatic carbocycles. The molecular formula is C10H15BrClNS. The Balaban J connectivity index is 2.19. The predicted octanol–water partition coefficient (Wildman–Crippen LogP) is 4.01. The van der Waals surface area contributed by atoms with Crippen molar-refractivity contribution in [3.8, 4) is 0 Å².